The minimum absolute atomic E-state index is 0.00436. The quantitative estimate of drug-likeness (QED) is 0.887. The monoisotopic (exact) mass is 313 g/mol. The third-order valence-electron chi connectivity index (χ3n) is 3.68. The number of carbonyl (C=O) groups is 1. The highest BCUT2D eigenvalue weighted by Crippen LogP contribution is 2.19. The van der Waals surface area contributed by atoms with Crippen molar-refractivity contribution in [2.24, 2.45) is 0 Å². The van der Waals surface area contributed by atoms with Crippen LogP contribution in [0.4, 0.5) is 0 Å². The Hall–Kier alpha value is -2.49. The lowest BCUT2D eigenvalue weighted by atomic mass is 10.1. The van der Waals surface area contributed by atoms with E-state index in [9.17, 15) is 4.79 Å². The van der Waals surface area contributed by atoms with Crippen LogP contribution in [-0.2, 0) is 4.79 Å². The van der Waals surface area contributed by atoms with Crippen LogP contribution in [0.3, 0.4) is 0 Å². The van der Waals surface area contributed by atoms with Crippen molar-refractivity contribution in [3.05, 3.63) is 59.2 Å². The number of aryl methyl sites for hydroxylation is 2. The molecule has 0 bridgehead atoms. The summed E-state index contributed by atoms with van der Waals surface area (Å²) in [5.74, 6) is 1.39. The van der Waals surface area contributed by atoms with Crippen LogP contribution in [-0.4, -0.2) is 19.6 Å². The standard InChI is InChI=1S/C19H23NO3/c1-13-5-10-18(14(2)11-13)23-12-19(21)20-15(3)16-6-8-17(22-4)9-7-16/h5-11,15H,12H2,1-4H3,(H,20,21)/t15-/m0/s1. The zero-order valence-corrected chi connectivity index (χ0v) is 14.1. The number of hydrogen-bond acceptors (Lipinski definition) is 3. The Labute approximate surface area is 137 Å². The second kappa shape index (κ2) is 7.68. The second-order valence-electron chi connectivity index (χ2n) is 5.62. The molecule has 0 aromatic heterocycles. The van der Waals surface area contributed by atoms with Crippen molar-refractivity contribution in [1.29, 1.82) is 0 Å². The van der Waals surface area contributed by atoms with Gasteiger partial charge in [-0.05, 0) is 50.1 Å². The van der Waals surface area contributed by atoms with Crippen molar-refractivity contribution in [1.82, 2.24) is 5.32 Å². The summed E-state index contributed by atoms with van der Waals surface area (Å²) in [4.78, 5) is 12.0. The molecule has 1 N–H and O–H groups in total. The molecular formula is C19H23NO3. The maximum atomic E-state index is 12.0. The average Bonchev–Trinajstić information content (AvgIpc) is 2.54. The van der Waals surface area contributed by atoms with Gasteiger partial charge in [0.1, 0.15) is 11.5 Å². The summed E-state index contributed by atoms with van der Waals surface area (Å²) in [5, 5.41) is 2.93. The van der Waals surface area contributed by atoms with Crippen LogP contribution in [0.15, 0.2) is 42.5 Å². The maximum absolute atomic E-state index is 12.0. The molecule has 1 amide bonds. The number of amides is 1. The Kier molecular flexibility index (Phi) is 5.63. The van der Waals surface area contributed by atoms with E-state index in [0.29, 0.717) is 0 Å². The largest absolute Gasteiger partial charge is 0.497 e. The van der Waals surface area contributed by atoms with Crippen molar-refractivity contribution in [3.8, 4) is 11.5 Å². The van der Waals surface area contributed by atoms with Crippen LogP contribution in [0.5, 0.6) is 11.5 Å². The molecule has 2 rings (SSSR count). The number of carbonyl (C=O) groups excluding carboxylic acids is 1. The van der Waals surface area contributed by atoms with E-state index in [1.54, 1.807) is 7.11 Å². The van der Waals surface area contributed by atoms with E-state index in [-0.39, 0.29) is 18.6 Å². The predicted molar refractivity (Wildman–Crippen MR) is 91.0 cm³/mol. The van der Waals surface area contributed by atoms with Gasteiger partial charge < -0.3 is 14.8 Å². The van der Waals surface area contributed by atoms with Crippen LogP contribution in [0.1, 0.15) is 29.7 Å². The molecule has 1 atom stereocenters. The minimum atomic E-state index is -0.145. The Balaban J connectivity index is 1.88. The first kappa shape index (κ1) is 16.9. The Morgan fingerprint density at radius 2 is 1.83 bits per heavy atom. The molecule has 0 heterocycles. The lowest BCUT2D eigenvalue weighted by molar-refractivity contribution is -0.123. The summed E-state index contributed by atoms with van der Waals surface area (Å²) < 4.78 is 10.7. The SMILES string of the molecule is COc1ccc([C@H](C)NC(=O)COc2ccc(C)cc2C)cc1. The van der Waals surface area contributed by atoms with Gasteiger partial charge in [0.2, 0.25) is 0 Å². The summed E-state index contributed by atoms with van der Waals surface area (Å²) in [6.45, 7) is 5.95. The number of methoxy groups -OCH3 is 1. The number of benzene rings is 2. The summed E-state index contributed by atoms with van der Waals surface area (Å²) >= 11 is 0. The molecule has 0 radical (unpaired) electrons. The highest BCUT2D eigenvalue weighted by Gasteiger charge is 2.11. The van der Waals surface area contributed by atoms with Gasteiger partial charge in [0.25, 0.3) is 5.91 Å². The molecule has 2 aromatic carbocycles. The fraction of sp³-hybridized carbons (Fsp3) is 0.316. The van der Waals surface area contributed by atoms with Gasteiger partial charge in [-0.1, -0.05) is 29.8 Å². The van der Waals surface area contributed by atoms with E-state index in [4.69, 9.17) is 9.47 Å². The van der Waals surface area contributed by atoms with E-state index in [1.807, 2.05) is 63.2 Å². The molecule has 0 aliphatic rings. The lowest BCUT2D eigenvalue weighted by Gasteiger charge is -2.15. The second-order valence-corrected chi connectivity index (χ2v) is 5.62. The zero-order chi connectivity index (χ0) is 16.8. The molecule has 0 spiro atoms. The fourth-order valence-corrected chi connectivity index (χ4v) is 2.36. The fourth-order valence-electron chi connectivity index (χ4n) is 2.36. The Bertz CT molecular complexity index is 665. The molecule has 0 saturated heterocycles. The number of ether oxygens (including phenoxy) is 2. The number of rotatable bonds is 6. The van der Waals surface area contributed by atoms with Gasteiger partial charge in [-0.2, -0.15) is 0 Å². The Morgan fingerprint density at radius 3 is 2.43 bits per heavy atom. The highest BCUT2D eigenvalue weighted by molar-refractivity contribution is 5.78. The van der Waals surface area contributed by atoms with Crippen molar-refractivity contribution >= 4 is 5.91 Å². The van der Waals surface area contributed by atoms with Crippen LogP contribution in [0.2, 0.25) is 0 Å². The average molecular weight is 313 g/mol. The summed E-state index contributed by atoms with van der Waals surface area (Å²) in [7, 11) is 1.63. The van der Waals surface area contributed by atoms with E-state index in [2.05, 4.69) is 5.32 Å². The predicted octanol–water partition coefficient (Wildman–Crippen LogP) is 3.57. The molecule has 0 aliphatic carbocycles. The first-order chi connectivity index (χ1) is 11.0. The minimum Gasteiger partial charge on any atom is -0.497 e. The van der Waals surface area contributed by atoms with Gasteiger partial charge >= 0.3 is 0 Å². The van der Waals surface area contributed by atoms with Gasteiger partial charge in [0.05, 0.1) is 13.2 Å². The van der Waals surface area contributed by atoms with Crippen LogP contribution < -0.4 is 14.8 Å². The summed E-state index contributed by atoms with van der Waals surface area (Å²) in [5.41, 5.74) is 3.22. The van der Waals surface area contributed by atoms with Gasteiger partial charge in [0, 0.05) is 0 Å². The van der Waals surface area contributed by atoms with Gasteiger partial charge in [-0.3, -0.25) is 4.79 Å². The molecule has 23 heavy (non-hydrogen) atoms. The normalized spacial score (nSPS) is 11.7. The first-order valence-electron chi connectivity index (χ1n) is 7.63. The van der Waals surface area contributed by atoms with E-state index < -0.39 is 0 Å². The van der Waals surface area contributed by atoms with Crippen molar-refractivity contribution in [3.63, 3.8) is 0 Å². The number of hydrogen-bond donors (Lipinski definition) is 1. The first-order valence-corrected chi connectivity index (χ1v) is 7.63. The molecule has 0 saturated carbocycles. The Morgan fingerprint density at radius 1 is 1.13 bits per heavy atom. The van der Waals surface area contributed by atoms with Crippen LogP contribution in [0, 0.1) is 13.8 Å². The summed E-state index contributed by atoms with van der Waals surface area (Å²) in [6, 6.07) is 13.5. The topological polar surface area (TPSA) is 47.6 Å². The molecule has 0 fully saturated rings. The molecule has 2 aromatic rings. The third-order valence-corrected chi connectivity index (χ3v) is 3.68. The van der Waals surface area contributed by atoms with E-state index >= 15 is 0 Å². The summed E-state index contributed by atoms with van der Waals surface area (Å²) in [6.07, 6.45) is 0. The van der Waals surface area contributed by atoms with Crippen LogP contribution >= 0.6 is 0 Å². The third kappa shape index (κ3) is 4.74. The molecule has 0 aliphatic heterocycles. The molecule has 0 unspecified atom stereocenters. The molecule has 4 heteroatoms. The zero-order valence-electron chi connectivity index (χ0n) is 14.1. The van der Waals surface area contributed by atoms with Gasteiger partial charge in [-0.15, -0.1) is 0 Å². The van der Waals surface area contributed by atoms with Crippen molar-refractivity contribution in [2.75, 3.05) is 13.7 Å². The van der Waals surface area contributed by atoms with E-state index in [1.165, 1.54) is 5.56 Å². The van der Waals surface area contributed by atoms with Gasteiger partial charge in [0.15, 0.2) is 6.61 Å². The number of nitrogens with one attached hydrogen (secondary N) is 1. The van der Waals surface area contributed by atoms with Crippen LogP contribution in [0.25, 0.3) is 0 Å². The lowest BCUT2D eigenvalue weighted by Crippen LogP contribution is -2.31. The van der Waals surface area contributed by atoms with Crippen molar-refractivity contribution < 1.29 is 14.3 Å². The van der Waals surface area contributed by atoms with E-state index in [0.717, 1.165) is 22.6 Å². The molecular weight excluding hydrogens is 290 g/mol. The molecule has 4 nitrogen and oxygen atoms in total. The van der Waals surface area contributed by atoms with Gasteiger partial charge in [-0.25, -0.2) is 0 Å². The molecule has 122 valence electrons. The van der Waals surface area contributed by atoms with Crippen molar-refractivity contribution in [2.45, 2.75) is 26.8 Å². The maximum Gasteiger partial charge on any atom is 0.258 e. The smallest absolute Gasteiger partial charge is 0.258 e. The highest BCUT2D eigenvalue weighted by atomic mass is 16.5.